The molecule has 1 amide bonds. The summed E-state index contributed by atoms with van der Waals surface area (Å²) in [5.74, 6) is -1.20. The summed E-state index contributed by atoms with van der Waals surface area (Å²) >= 11 is 0. The van der Waals surface area contributed by atoms with Gasteiger partial charge < -0.3 is 20.8 Å². The number of hydrogen-bond donors (Lipinski definition) is 4. The van der Waals surface area contributed by atoms with Crippen molar-refractivity contribution in [2.75, 3.05) is 19.6 Å². The first-order chi connectivity index (χ1) is 7.59. The molecule has 1 fully saturated rings. The highest BCUT2D eigenvalue weighted by atomic mass is 16.4. The number of piperidine rings is 1. The van der Waals surface area contributed by atoms with E-state index in [4.69, 9.17) is 10.2 Å². The maximum absolute atomic E-state index is 11.4. The van der Waals surface area contributed by atoms with Crippen molar-refractivity contribution in [2.45, 2.75) is 25.4 Å². The van der Waals surface area contributed by atoms with Crippen molar-refractivity contribution in [3.05, 3.63) is 0 Å². The number of nitrogens with one attached hydrogen (secondary N) is 2. The highest BCUT2D eigenvalue weighted by Gasteiger charge is 2.18. The number of carboxylic acid groups (broad SMARTS) is 1. The van der Waals surface area contributed by atoms with Crippen LogP contribution in [0.3, 0.4) is 0 Å². The lowest BCUT2D eigenvalue weighted by molar-refractivity contribution is -0.146. The van der Waals surface area contributed by atoms with E-state index in [-0.39, 0.29) is 12.5 Å². The number of carboxylic acids is 1. The molecule has 1 aliphatic heterocycles. The minimum Gasteiger partial charge on any atom is -0.479 e. The van der Waals surface area contributed by atoms with Crippen LogP contribution in [0.1, 0.15) is 19.3 Å². The van der Waals surface area contributed by atoms with Gasteiger partial charge in [-0.25, -0.2) is 4.79 Å². The summed E-state index contributed by atoms with van der Waals surface area (Å²) in [6, 6.07) is 0. The van der Waals surface area contributed by atoms with Crippen LogP contribution >= 0.6 is 0 Å². The fraction of sp³-hybridized carbons (Fsp3) is 0.800. The van der Waals surface area contributed by atoms with Crippen molar-refractivity contribution < 1.29 is 19.8 Å². The molecule has 6 heteroatoms. The average Bonchev–Trinajstić information content (AvgIpc) is 2.27. The molecule has 0 radical (unpaired) electrons. The molecule has 6 nitrogen and oxygen atoms in total. The Morgan fingerprint density at radius 1 is 1.50 bits per heavy atom. The zero-order valence-electron chi connectivity index (χ0n) is 9.11. The molecule has 4 N–H and O–H groups in total. The number of carbonyl (C=O) groups excluding carboxylic acids is 1. The van der Waals surface area contributed by atoms with Gasteiger partial charge in [0, 0.05) is 6.42 Å². The normalized spacial score (nSPS) is 22.4. The Balaban J connectivity index is 2.17. The number of hydrogen-bond acceptors (Lipinski definition) is 4. The highest BCUT2D eigenvalue weighted by molar-refractivity contribution is 5.78. The fourth-order valence-electron chi connectivity index (χ4n) is 1.73. The van der Waals surface area contributed by atoms with Gasteiger partial charge in [-0.2, -0.15) is 0 Å². The SMILES string of the molecule is O=C(CC1CCCNC1)NC[C@H](O)C(=O)O. The zero-order valence-corrected chi connectivity index (χ0v) is 9.11. The van der Waals surface area contributed by atoms with Gasteiger partial charge in [-0.1, -0.05) is 0 Å². The third-order valence-corrected chi connectivity index (χ3v) is 2.65. The first kappa shape index (κ1) is 12.9. The quantitative estimate of drug-likeness (QED) is 0.482. The van der Waals surface area contributed by atoms with Crippen LogP contribution in [0.4, 0.5) is 0 Å². The van der Waals surface area contributed by atoms with E-state index in [0.717, 1.165) is 25.9 Å². The van der Waals surface area contributed by atoms with E-state index in [1.54, 1.807) is 0 Å². The lowest BCUT2D eigenvalue weighted by atomic mass is 9.96. The lowest BCUT2D eigenvalue weighted by Crippen LogP contribution is -2.39. The minimum absolute atomic E-state index is 0.200. The minimum atomic E-state index is -1.52. The molecule has 92 valence electrons. The Labute approximate surface area is 94.0 Å². The van der Waals surface area contributed by atoms with E-state index in [2.05, 4.69) is 10.6 Å². The number of aliphatic hydroxyl groups is 1. The van der Waals surface area contributed by atoms with Crippen LogP contribution in [0.15, 0.2) is 0 Å². The Morgan fingerprint density at radius 3 is 2.81 bits per heavy atom. The van der Waals surface area contributed by atoms with E-state index in [0.29, 0.717) is 12.3 Å². The van der Waals surface area contributed by atoms with Gasteiger partial charge in [-0.3, -0.25) is 4.79 Å². The molecule has 0 aromatic rings. The van der Waals surface area contributed by atoms with Crippen LogP contribution in [0.2, 0.25) is 0 Å². The van der Waals surface area contributed by atoms with Crippen LogP contribution < -0.4 is 10.6 Å². The molecule has 0 bridgehead atoms. The van der Waals surface area contributed by atoms with Crippen LogP contribution in [-0.2, 0) is 9.59 Å². The first-order valence-corrected chi connectivity index (χ1v) is 5.48. The van der Waals surface area contributed by atoms with Gasteiger partial charge >= 0.3 is 5.97 Å². The Hall–Kier alpha value is -1.14. The van der Waals surface area contributed by atoms with Gasteiger partial charge in [0.25, 0.3) is 0 Å². The summed E-state index contributed by atoms with van der Waals surface area (Å²) in [6.45, 7) is 1.60. The molecule has 1 saturated heterocycles. The van der Waals surface area contributed by atoms with Crippen molar-refractivity contribution in [3.8, 4) is 0 Å². The molecule has 0 aromatic heterocycles. The molecule has 16 heavy (non-hydrogen) atoms. The molecule has 1 heterocycles. The third-order valence-electron chi connectivity index (χ3n) is 2.65. The molecule has 0 aliphatic carbocycles. The molecular weight excluding hydrogens is 212 g/mol. The van der Waals surface area contributed by atoms with Gasteiger partial charge in [0.2, 0.25) is 5.91 Å². The molecule has 2 atom stereocenters. The second-order valence-corrected chi connectivity index (χ2v) is 4.07. The van der Waals surface area contributed by atoms with Crippen LogP contribution in [0.25, 0.3) is 0 Å². The number of aliphatic carboxylic acids is 1. The molecule has 1 rings (SSSR count). The fourth-order valence-corrected chi connectivity index (χ4v) is 1.73. The highest BCUT2D eigenvalue weighted by Crippen LogP contribution is 2.13. The zero-order chi connectivity index (χ0) is 12.0. The standard InChI is InChI=1S/C10H18N2O4/c13-8(10(15)16)6-12-9(14)4-7-2-1-3-11-5-7/h7-8,11,13H,1-6H2,(H,12,14)(H,15,16)/t7?,8-/m0/s1. The summed E-state index contributed by atoms with van der Waals surface area (Å²) in [5.41, 5.74) is 0. The molecule has 0 saturated carbocycles. The summed E-state index contributed by atoms with van der Waals surface area (Å²) in [4.78, 5) is 21.7. The summed E-state index contributed by atoms with van der Waals surface area (Å²) < 4.78 is 0. The third kappa shape index (κ3) is 4.59. The average molecular weight is 230 g/mol. The topological polar surface area (TPSA) is 98.7 Å². The number of aliphatic hydroxyl groups excluding tert-OH is 1. The monoisotopic (exact) mass is 230 g/mol. The maximum atomic E-state index is 11.4. The predicted molar refractivity (Wildman–Crippen MR) is 56.9 cm³/mol. The second-order valence-electron chi connectivity index (χ2n) is 4.07. The van der Waals surface area contributed by atoms with Crippen LogP contribution in [0, 0.1) is 5.92 Å². The molecule has 1 unspecified atom stereocenters. The van der Waals surface area contributed by atoms with E-state index >= 15 is 0 Å². The lowest BCUT2D eigenvalue weighted by Gasteiger charge is -2.22. The molecule has 0 spiro atoms. The number of rotatable bonds is 5. The number of amides is 1. The summed E-state index contributed by atoms with van der Waals surface area (Å²) in [5, 5.41) is 23.0. The Kier molecular flexibility index (Phi) is 5.21. The smallest absolute Gasteiger partial charge is 0.334 e. The van der Waals surface area contributed by atoms with Gasteiger partial charge in [-0.15, -0.1) is 0 Å². The maximum Gasteiger partial charge on any atom is 0.334 e. The summed E-state index contributed by atoms with van der Waals surface area (Å²) in [7, 11) is 0. The summed E-state index contributed by atoms with van der Waals surface area (Å²) in [6.07, 6.45) is 0.949. The van der Waals surface area contributed by atoms with Crippen molar-refractivity contribution in [3.63, 3.8) is 0 Å². The van der Waals surface area contributed by atoms with E-state index < -0.39 is 12.1 Å². The van der Waals surface area contributed by atoms with Crippen molar-refractivity contribution in [2.24, 2.45) is 5.92 Å². The van der Waals surface area contributed by atoms with Crippen molar-refractivity contribution >= 4 is 11.9 Å². The largest absolute Gasteiger partial charge is 0.479 e. The molecular formula is C10H18N2O4. The van der Waals surface area contributed by atoms with E-state index in [9.17, 15) is 9.59 Å². The van der Waals surface area contributed by atoms with E-state index in [1.165, 1.54) is 0 Å². The predicted octanol–water partition coefficient (Wildman–Crippen LogP) is -1.06. The molecule has 1 aliphatic rings. The Morgan fingerprint density at radius 2 is 2.25 bits per heavy atom. The first-order valence-electron chi connectivity index (χ1n) is 5.48. The molecule has 0 aromatic carbocycles. The second kappa shape index (κ2) is 6.44. The van der Waals surface area contributed by atoms with Gasteiger partial charge in [0.05, 0.1) is 6.54 Å². The van der Waals surface area contributed by atoms with Crippen LogP contribution in [0.5, 0.6) is 0 Å². The Bertz CT molecular complexity index is 251. The van der Waals surface area contributed by atoms with E-state index in [1.807, 2.05) is 0 Å². The van der Waals surface area contributed by atoms with Gasteiger partial charge in [0.15, 0.2) is 6.10 Å². The van der Waals surface area contributed by atoms with Gasteiger partial charge in [0.1, 0.15) is 0 Å². The van der Waals surface area contributed by atoms with Crippen molar-refractivity contribution in [1.82, 2.24) is 10.6 Å². The van der Waals surface area contributed by atoms with Crippen molar-refractivity contribution in [1.29, 1.82) is 0 Å². The number of carbonyl (C=O) groups is 2. The van der Waals surface area contributed by atoms with Gasteiger partial charge in [-0.05, 0) is 31.8 Å². The van der Waals surface area contributed by atoms with Crippen LogP contribution in [-0.4, -0.2) is 47.8 Å².